The van der Waals surface area contributed by atoms with Crippen molar-refractivity contribution in [1.82, 2.24) is 0 Å². The zero-order valence-corrected chi connectivity index (χ0v) is 12.9. The zero-order chi connectivity index (χ0) is 14.8. The molecule has 1 aromatic rings. The average molecular weight is 324 g/mol. The van der Waals surface area contributed by atoms with Crippen molar-refractivity contribution in [1.29, 1.82) is 0 Å². The summed E-state index contributed by atoms with van der Waals surface area (Å²) in [5, 5.41) is 0.810. The molecule has 0 heterocycles. The SMILES string of the molecule is COCCOCCOCCOc1cc(Cl)c(Cl)cc1N. The number of anilines is 1. The number of ether oxygens (including phenoxy) is 4. The molecular formula is C13H19Cl2NO4. The van der Waals surface area contributed by atoms with Crippen molar-refractivity contribution < 1.29 is 18.9 Å². The predicted molar refractivity (Wildman–Crippen MR) is 79.9 cm³/mol. The fourth-order valence-corrected chi connectivity index (χ4v) is 1.67. The molecule has 114 valence electrons. The molecule has 2 N–H and O–H groups in total. The van der Waals surface area contributed by atoms with Crippen LogP contribution in [-0.2, 0) is 14.2 Å². The first-order valence-corrected chi connectivity index (χ1v) is 6.92. The Balaban J connectivity index is 2.11. The lowest BCUT2D eigenvalue weighted by Crippen LogP contribution is -2.12. The Morgan fingerprint density at radius 2 is 1.45 bits per heavy atom. The zero-order valence-electron chi connectivity index (χ0n) is 11.4. The first-order valence-electron chi connectivity index (χ1n) is 6.17. The van der Waals surface area contributed by atoms with Gasteiger partial charge in [-0.15, -0.1) is 0 Å². The van der Waals surface area contributed by atoms with E-state index in [2.05, 4.69) is 0 Å². The van der Waals surface area contributed by atoms with Crippen LogP contribution in [-0.4, -0.2) is 46.8 Å². The van der Waals surface area contributed by atoms with Crippen molar-refractivity contribution in [2.75, 3.05) is 52.5 Å². The third-order valence-electron chi connectivity index (χ3n) is 2.34. The number of halogens is 2. The Labute approximate surface area is 128 Å². The molecule has 0 fully saturated rings. The summed E-state index contributed by atoms with van der Waals surface area (Å²) in [5.41, 5.74) is 6.21. The van der Waals surface area contributed by atoms with Crippen LogP contribution < -0.4 is 10.5 Å². The van der Waals surface area contributed by atoms with Gasteiger partial charge in [-0.1, -0.05) is 23.2 Å². The highest BCUT2D eigenvalue weighted by atomic mass is 35.5. The maximum absolute atomic E-state index is 5.88. The third kappa shape index (κ3) is 6.63. The molecule has 0 radical (unpaired) electrons. The van der Waals surface area contributed by atoms with Crippen molar-refractivity contribution in [2.24, 2.45) is 0 Å². The van der Waals surface area contributed by atoms with Gasteiger partial charge in [-0.2, -0.15) is 0 Å². The van der Waals surface area contributed by atoms with Gasteiger partial charge >= 0.3 is 0 Å². The van der Waals surface area contributed by atoms with E-state index in [9.17, 15) is 0 Å². The molecule has 20 heavy (non-hydrogen) atoms. The second-order valence-electron chi connectivity index (χ2n) is 3.87. The highest BCUT2D eigenvalue weighted by Crippen LogP contribution is 2.32. The van der Waals surface area contributed by atoms with E-state index < -0.39 is 0 Å². The lowest BCUT2D eigenvalue weighted by molar-refractivity contribution is 0.0180. The number of benzene rings is 1. The fourth-order valence-electron chi connectivity index (χ4n) is 1.34. The number of methoxy groups -OCH3 is 1. The van der Waals surface area contributed by atoms with Crippen molar-refractivity contribution in [3.05, 3.63) is 22.2 Å². The van der Waals surface area contributed by atoms with Crippen LogP contribution in [0.1, 0.15) is 0 Å². The molecule has 7 heteroatoms. The first-order chi connectivity index (χ1) is 9.65. The Bertz CT molecular complexity index is 404. The summed E-state index contributed by atoms with van der Waals surface area (Å²) in [6.07, 6.45) is 0. The smallest absolute Gasteiger partial charge is 0.143 e. The average Bonchev–Trinajstić information content (AvgIpc) is 2.42. The topological polar surface area (TPSA) is 62.9 Å². The van der Waals surface area contributed by atoms with Crippen LogP contribution in [0.5, 0.6) is 5.75 Å². The second-order valence-corrected chi connectivity index (χ2v) is 4.68. The second kappa shape index (κ2) is 10.1. The van der Waals surface area contributed by atoms with E-state index in [1.54, 1.807) is 19.2 Å². The normalized spacial score (nSPS) is 10.8. The van der Waals surface area contributed by atoms with Crippen LogP contribution in [0.25, 0.3) is 0 Å². The molecule has 0 aromatic heterocycles. The van der Waals surface area contributed by atoms with E-state index in [-0.39, 0.29) is 0 Å². The van der Waals surface area contributed by atoms with Gasteiger partial charge in [0, 0.05) is 13.2 Å². The van der Waals surface area contributed by atoms with Crippen molar-refractivity contribution in [3.8, 4) is 5.75 Å². The molecule has 0 saturated heterocycles. The Hall–Kier alpha value is -0.720. The van der Waals surface area contributed by atoms with Crippen LogP contribution in [0.2, 0.25) is 10.0 Å². The van der Waals surface area contributed by atoms with E-state index >= 15 is 0 Å². The maximum atomic E-state index is 5.88. The minimum atomic E-state index is 0.375. The van der Waals surface area contributed by atoms with Gasteiger partial charge < -0.3 is 24.7 Å². The van der Waals surface area contributed by atoms with Gasteiger partial charge in [0.05, 0.1) is 48.8 Å². The quantitative estimate of drug-likeness (QED) is 0.529. The lowest BCUT2D eigenvalue weighted by Gasteiger charge is -2.10. The van der Waals surface area contributed by atoms with Crippen molar-refractivity contribution >= 4 is 28.9 Å². The van der Waals surface area contributed by atoms with Gasteiger partial charge in [-0.05, 0) is 6.07 Å². The van der Waals surface area contributed by atoms with Gasteiger partial charge in [-0.25, -0.2) is 0 Å². The molecule has 1 aromatic carbocycles. The van der Waals surface area contributed by atoms with E-state index in [0.29, 0.717) is 61.1 Å². The number of nitrogen functional groups attached to an aromatic ring is 1. The molecule has 0 aliphatic heterocycles. The van der Waals surface area contributed by atoms with Crippen LogP contribution in [0, 0.1) is 0 Å². The molecule has 0 unspecified atom stereocenters. The monoisotopic (exact) mass is 323 g/mol. The van der Waals surface area contributed by atoms with E-state index in [0.717, 1.165) is 0 Å². The molecule has 0 aliphatic carbocycles. The van der Waals surface area contributed by atoms with Gasteiger partial charge in [-0.3, -0.25) is 0 Å². The summed E-state index contributed by atoms with van der Waals surface area (Å²) in [5.74, 6) is 0.499. The van der Waals surface area contributed by atoms with Crippen LogP contribution in [0.15, 0.2) is 12.1 Å². The minimum absolute atomic E-state index is 0.375. The molecule has 5 nitrogen and oxygen atoms in total. The van der Waals surface area contributed by atoms with Crippen molar-refractivity contribution in [3.63, 3.8) is 0 Å². The first kappa shape index (κ1) is 17.3. The standard InChI is InChI=1S/C13H19Cl2NO4/c1-17-2-3-18-4-5-19-6-7-20-13-9-11(15)10(14)8-12(13)16/h8-9H,2-7,16H2,1H3. The fraction of sp³-hybridized carbons (Fsp3) is 0.538. The minimum Gasteiger partial charge on any atom is -0.489 e. The van der Waals surface area contributed by atoms with E-state index in [1.807, 2.05) is 0 Å². The summed E-state index contributed by atoms with van der Waals surface area (Å²) in [6, 6.07) is 3.15. The summed E-state index contributed by atoms with van der Waals surface area (Å²) >= 11 is 11.7. The van der Waals surface area contributed by atoms with E-state index in [1.165, 1.54) is 0 Å². The molecule has 0 atom stereocenters. The Kier molecular flexibility index (Phi) is 8.73. The molecule has 0 bridgehead atoms. The van der Waals surface area contributed by atoms with Crippen molar-refractivity contribution in [2.45, 2.75) is 0 Å². The Morgan fingerprint density at radius 1 is 0.900 bits per heavy atom. The van der Waals surface area contributed by atoms with Gasteiger partial charge in [0.15, 0.2) is 0 Å². The van der Waals surface area contributed by atoms with E-state index in [4.69, 9.17) is 47.9 Å². The molecule has 0 saturated carbocycles. The van der Waals surface area contributed by atoms with Gasteiger partial charge in [0.2, 0.25) is 0 Å². The van der Waals surface area contributed by atoms with Crippen LogP contribution in [0.3, 0.4) is 0 Å². The predicted octanol–water partition coefficient (Wildman–Crippen LogP) is 2.63. The highest BCUT2D eigenvalue weighted by Gasteiger charge is 2.05. The summed E-state index contributed by atoms with van der Waals surface area (Å²) < 4.78 is 20.9. The third-order valence-corrected chi connectivity index (χ3v) is 3.06. The summed E-state index contributed by atoms with van der Waals surface area (Å²) in [4.78, 5) is 0. The van der Waals surface area contributed by atoms with Crippen LogP contribution in [0.4, 0.5) is 5.69 Å². The maximum Gasteiger partial charge on any atom is 0.143 e. The highest BCUT2D eigenvalue weighted by molar-refractivity contribution is 6.42. The summed E-state index contributed by atoms with van der Waals surface area (Å²) in [7, 11) is 1.63. The largest absolute Gasteiger partial charge is 0.489 e. The number of rotatable bonds is 10. The lowest BCUT2D eigenvalue weighted by atomic mass is 10.3. The molecule has 1 rings (SSSR count). The van der Waals surface area contributed by atoms with Gasteiger partial charge in [0.25, 0.3) is 0 Å². The Morgan fingerprint density at radius 3 is 2.10 bits per heavy atom. The molecular weight excluding hydrogens is 305 g/mol. The number of hydrogen-bond donors (Lipinski definition) is 1. The van der Waals surface area contributed by atoms with Crippen LogP contribution >= 0.6 is 23.2 Å². The number of hydrogen-bond acceptors (Lipinski definition) is 5. The summed E-state index contributed by atoms with van der Waals surface area (Å²) in [6.45, 7) is 2.99. The molecule has 0 amide bonds. The molecule has 0 spiro atoms. The van der Waals surface area contributed by atoms with Gasteiger partial charge in [0.1, 0.15) is 12.4 Å². The number of nitrogens with two attached hydrogens (primary N) is 1. The molecule has 0 aliphatic rings.